The summed E-state index contributed by atoms with van der Waals surface area (Å²) in [7, 11) is 5.21. The average Bonchev–Trinajstić information content (AvgIpc) is 2.48. The van der Waals surface area contributed by atoms with Crippen molar-refractivity contribution >= 4 is 17.6 Å². The average molecular weight is 356 g/mol. The quantitative estimate of drug-likeness (QED) is 0.676. The van der Waals surface area contributed by atoms with Crippen LogP contribution in [0.25, 0.3) is 0 Å². The molecule has 0 aliphatic carbocycles. The smallest absolute Gasteiger partial charge is 0.245 e. The maximum atomic E-state index is 12.9. The molecular formula is C19H37N3O3. The third-order valence-electron chi connectivity index (χ3n) is 4.23. The van der Waals surface area contributed by atoms with Crippen molar-refractivity contribution in [2.45, 2.75) is 60.4 Å². The van der Waals surface area contributed by atoms with Crippen molar-refractivity contribution in [2.75, 3.05) is 34.2 Å². The molecule has 0 aliphatic rings. The molecule has 6 nitrogen and oxygen atoms in total. The molecule has 0 aromatic carbocycles. The molecule has 146 valence electrons. The molecule has 0 bridgehead atoms. The Bertz CT molecular complexity index is 475. The van der Waals surface area contributed by atoms with Crippen LogP contribution in [0.3, 0.4) is 0 Å². The minimum Gasteiger partial charge on any atom is -0.344 e. The van der Waals surface area contributed by atoms with Crippen LogP contribution < -0.4 is 5.32 Å². The van der Waals surface area contributed by atoms with Crippen LogP contribution in [-0.4, -0.2) is 67.7 Å². The highest BCUT2D eigenvalue weighted by Gasteiger charge is 2.37. The molecule has 0 aliphatic heterocycles. The van der Waals surface area contributed by atoms with Gasteiger partial charge < -0.3 is 15.1 Å². The number of hydrogen-bond acceptors (Lipinski definition) is 4. The Morgan fingerprint density at radius 3 is 1.88 bits per heavy atom. The first-order chi connectivity index (χ1) is 11.2. The van der Waals surface area contributed by atoms with Crippen molar-refractivity contribution in [2.24, 2.45) is 10.8 Å². The third-order valence-corrected chi connectivity index (χ3v) is 4.23. The van der Waals surface area contributed by atoms with Gasteiger partial charge >= 0.3 is 0 Å². The molecule has 0 aromatic heterocycles. The van der Waals surface area contributed by atoms with Gasteiger partial charge in [-0.3, -0.25) is 14.4 Å². The molecule has 0 spiro atoms. The standard InChI is InChI=1S/C19H37N3O3/c1-18(2,3)15(23)13-14(22(9)17(25)19(4,5)6)16(24)21(8)12-10-11-20-7/h14,20H,10-13H2,1-9H3. The predicted molar refractivity (Wildman–Crippen MR) is 101 cm³/mol. The number of likely N-dealkylation sites (N-methyl/N-ethyl adjacent to an activating group) is 2. The fourth-order valence-electron chi connectivity index (χ4n) is 2.40. The first-order valence-electron chi connectivity index (χ1n) is 8.93. The van der Waals surface area contributed by atoms with Gasteiger partial charge in [0.05, 0.1) is 0 Å². The summed E-state index contributed by atoms with van der Waals surface area (Å²) in [6.45, 7) is 12.3. The molecule has 0 fully saturated rings. The highest BCUT2D eigenvalue weighted by atomic mass is 16.2. The first kappa shape index (κ1) is 23.6. The number of carbonyl (C=O) groups is 3. The van der Waals surface area contributed by atoms with Crippen LogP contribution in [0.5, 0.6) is 0 Å². The highest BCUT2D eigenvalue weighted by Crippen LogP contribution is 2.23. The highest BCUT2D eigenvalue weighted by molar-refractivity contribution is 5.94. The second-order valence-corrected chi connectivity index (χ2v) is 8.78. The van der Waals surface area contributed by atoms with Crippen molar-refractivity contribution < 1.29 is 14.4 Å². The number of Topliss-reactive ketones (excluding diaryl/α,β-unsaturated/α-hetero) is 1. The van der Waals surface area contributed by atoms with Gasteiger partial charge in [-0.05, 0) is 20.0 Å². The maximum absolute atomic E-state index is 12.9. The summed E-state index contributed by atoms with van der Waals surface area (Å²) >= 11 is 0. The summed E-state index contributed by atoms with van der Waals surface area (Å²) in [5.74, 6) is -0.354. The number of amides is 2. The van der Waals surface area contributed by atoms with Crippen LogP contribution in [0.2, 0.25) is 0 Å². The molecule has 6 heteroatoms. The van der Waals surface area contributed by atoms with Crippen LogP contribution in [-0.2, 0) is 14.4 Å². The zero-order chi connectivity index (χ0) is 20.0. The summed E-state index contributed by atoms with van der Waals surface area (Å²) in [4.78, 5) is 41.2. The van der Waals surface area contributed by atoms with Gasteiger partial charge in [0.1, 0.15) is 11.8 Å². The number of hydrogen-bond donors (Lipinski definition) is 1. The van der Waals surface area contributed by atoms with Crippen molar-refractivity contribution in [3.8, 4) is 0 Å². The molecule has 0 saturated carbocycles. The van der Waals surface area contributed by atoms with Gasteiger partial charge in [0.2, 0.25) is 11.8 Å². The van der Waals surface area contributed by atoms with Gasteiger partial charge in [-0.15, -0.1) is 0 Å². The van der Waals surface area contributed by atoms with Crippen molar-refractivity contribution in [1.29, 1.82) is 0 Å². The molecule has 0 rings (SSSR count). The third kappa shape index (κ3) is 7.55. The molecule has 0 heterocycles. The van der Waals surface area contributed by atoms with E-state index in [1.165, 1.54) is 4.90 Å². The van der Waals surface area contributed by atoms with E-state index in [9.17, 15) is 14.4 Å². The van der Waals surface area contributed by atoms with E-state index in [-0.39, 0.29) is 24.0 Å². The summed E-state index contributed by atoms with van der Waals surface area (Å²) < 4.78 is 0. The van der Waals surface area contributed by atoms with E-state index in [0.717, 1.165) is 13.0 Å². The Kier molecular flexibility index (Phi) is 8.79. The minimum absolute atomic E-state index is 0.0250. The Balaban J connectivity index is 5.42. The fraction of sp³-hybridized carbons (Fsp3) is 0.842. The Morgan fingerprint density at radius 1 is 0.960 bits per heavy atom. The lowest BCUT2D eigenvalue weighted by atomic mass is 9.86. The van der Waals surface area contributed by atoms with E-state index in [2.05, 4.69) is 5.32 Å². The Hall–Kier alpha value is -1.43. The lowest BCUT2D eigenvalue weighted by molar-refractivity contribution is -0.150. The van der Waals surface area contributed by atoms with Gasteiger partial charge in [0.15, 0.2) is 0 Å². The molecule has 2 amide bonds. The van der Waals surface area contributed by atoms with Crippen LogP contribution in [0.1, 0.15) is 54.4 Å². The van der Waals surface area contributed by atoms with Crippen molar-refractivity contribution in [1.82, 2.24) is 15.1 Å². The summed E-state index contributed by atoms with van der Waals surface area (Å²) in [6, 6.07) is -0.766. The van der Waals surface area contributed by atoms with Crippen LogP contribution in [0.15, 0.2) is 0 Å². The molecule has 1 atom stereocenters. The predicted octanol–water partition coefficient (Wildman–Crippen LogP) is 1.93. The van der Waals surface area contributed by atoms with Gasteiger partial charge in [-0.25, -0.2) is 0 Å². The number of nitrogens with one attached hydrogen (secondary N) is 1. The number of rotatable bonds is 8. The number of nitrogens with zero attached hydrogens (tertiary/aromatic N) is 2. The zero-order valence-corrected chi connectivity index (χ0v) is 17.5. The van der Waals surface area contributed by atoms with Crippen LogP contribution >= 0.6 is 0 Å². The van der Waals surface area contributed by atoms with E-state index >= 15 is 0 Å². The molecule has 1 unspecified atom stereocenters. The van der Waals surface area contributed by atoms with E-state index in [4.69, 9.17) is 0 Å². The van der Waals surface area contributed by atoms with E-state index < -0.39 is 16.9 Å². The van der Waals surface area contributed by atoms with Gasteiger partial charge in [-0.2, -0.15) is 0 Å². The number of ketones is 1. The van der Waals surface area contributed by atoms with Gasteiger partial charge in [0, 0.05) is 37.9 Å². The Labute approximate surface area is 153 Å². The van der Waals surface area contributed by atoms with E-state index in [1.807, 2.05) is 48.6 Å². The molecule has 0 radical (unpaired) electrons. The largest absolute Gasteiger partial charge is 0.344 e. The van der Waals surface area contributed by atoms with E-state index in [0.29, 0.717) is 6.54 Å². The minimum atomic E-state index is -0.766. The molecule has 1 N–H and O–H groups in total. The number of carbonyl (C=O) groups excluding carboxylic acids is 3. The lowest BCUT2D eigenvalue weighted by Crippen LogP contribution is -2.52. The zero-order valence-electron chi connectivity index (χ0n) is 17.5. The van der Waals surface area contributed by atoms with Crippen LogP contribution in [0.4, 0.5) is 0 Å². The molecular weight excluding hydrogens is 318 g/mol. The maximum Gasteiger partial charge on any atom is 0.245 e. The monoisotopic (exact) mass is 355 g/mol. The SMILES string of the molecule is CNCCCN(C)C(=O)C(CC(=O)C(C)(C)C)N(C)C(=O)C(C)(C)C. The second kappa shape index (κ2) is 9.32. The van der Waals surface area contributed by atoms with Crippen molar-refractivity contribution in [3.63, 3.8) is 0 Å². The van der Waals surface area contributed by atoms with Crippen LogP contribution in [0, 0.1) is 10.8 Å². The van der Waals surface area contributed by atoms with Gasteiger partial charge in [0.25, 0.3) is 0 Å². The lowest BCUT2D eigenvalue weighted by Gasteiger charge is -2.35. The topological polar surface area (TPSA) is 69.7 Å². The fourth-order valence-corrected chi connectivity index (χ4v) is 2.40. The molecule has 25 heavy (non-hydrogen) atoms. The van der Waals surface area contributed by atoms with Crippen molar-refractivity contribution in [3.05, 3.63) is 0 Å². The summed E-state index contributed by atoms with van der Waals surface area (Å²) in [6.07, 6.45) is 0.854. The van der Waals surface area contributed by atoms with E-state index in [1.54, 1.807) is 19.0 Å². The second-order valence-electron chi connectivity index (χ2n) is 8.78. The normalized spacial score (nSPS) is 13.3. The molecule has 0 saturated heterocycles. The molecule has 0 aromatic rings. The summed E-state index contributed by atoms with van der Waals surface area (Å²) in [5, 5.41) is 3.05. The van der Waals surface area contributed by atoms with Gasteiger partial charge in [-0.1, -0.05) is 41.5 Å². The first-order valence-corrected chi connectivity index (χ1v) is 8.93. The summed E-state index contributed by atoms with van der Waals surface area (Å²) in [5.41, 5.74) is -1.16. The Morgan fingerprint density at radius 2 is 1.48 bits per heavy atom.